The molecule has 2 aliphatic rings. The molecule has 1 aliphatic carbocycles. The lowest BCUT2D eigenvalue weighted by atomic mass is 9.96. The number of piperidine rings is 1. The van der Waals surface area contributed by atoms with Crippen molar-refractivity contribution in [3.05, 3.63) is 45.3 Å². The molecule has 1 atom stereocenters. The van der Waals surface area contributed by atoms with Crippen molar-refractivity contribution in [3.63, 3.8) is 0 Å². The number of rotatable bonds is 3. The van der Waals surface area contributed by atoms with Crippen LogP contribution in [0.4, 0.5) is 4.39 Å². The number of benzene rings is 1. The first-order valence-electron chi connectivity index (χ1n) is 8.27. The van der Waals surface area contributed by atoms with Gasteiger partial charge in [-0.2, -0.15) is 0 Å². The molecule has 7 heteroatoms. The highest BCUT2D eigenvalue weighted by Crippen LogP contribution is 2.38. The first-order chi connectivity index (χ1) is 11.6. The maximum absolute atomic E-state index is 13.5. The van der Waals surface area contributed by atoms with Crippen LogP contribution in [0.25, 0.3) is 0 Å². The molecule has 24 heavy (non-hydrogen) atoms. The molecule has 0 N–H and O–H groups in total. The molecule has 0 radical (unpaired) electrons. The van der Waals surface area contributed by atoms with Crippen molar-refractivity contribution in [1.82, 2.24) is 19.7 Å². The fourth-order valence-corrected chi connectivity index (χ4v) is 3.95. The van der Waals surface area contributed by atoms with Gasteiger partial charge < -0.3 is 9.47 Å². The van der Waals surface area contributed by atoms with Crippen molar-refractivity contribution >= 4 is 28.5 Å². The topological polar surface area (TPSA) is 51.0 Å². The second-order valence-electron chi connectivity index (χ2n) is 6.54. The second-order valence-corrected chi connectivity index (χ2v) is 7.70. The van der Waals surface area contributed by atoms with Crippen LogP contribution in [0.5, 0.6) is 0 Å². The molecule has 0 bridgehead atoms. The zero-order valence-electron chi connectivity index (χ0n) is 13.2. The summed E-state index contributed by atoms with van der Waals surface area (Å²) in [5, 5.41) is 8.38. The predicted molar refractivity (Wildman–Crippen MR) is 95.3 cm³/mol. The number of carbonyl (C=O) groups excluding carboxylic acids is 1. The molecule has 1 aromatic heterocycles. The first kappa shape index (κ1) is 16.0. The number of nitrogens with zero attached hydrogens (tertiary/aromatic N) is 4. The number of hydrogen-bond donors (Lipinski definition) is 0. The lowest BCUT2D eigenvalue weighted by Crippen LogP contribution is -2.40. The standard InChI is InChI=1S/C17H18FIN4O/c18-12-3-6-15(19)14(8-12)17(24)22-7-1-2-11(9-22)16-21-20-10-23(16)13-4-5-13/h3,6,8,10-11,13H,1-2,4-5,7,9H2. The summed E-state index contributed by atoms with van der Waals surface area (Å²) < 4.78 is 16.5. The molecule has 2 heterocycles. The van der Waals surface area contributed by atoms with E-state index in [-0.39, 0.29) is 17.6 Å². The van der Waals surface area contributed by atoms with Crippen molar-refractivity contribution < 1.29 is 9.18 Å². The zero-order valence-corrected chi connectivity index (χ0v) is 15.3. The zero-order chi connectivity index (χ0) is 16.7. The molecule has 2 fully saturated rings. The van der Waals surface area contributed by atoms with Gasteiger partial charge in [-0.05, 0) is 66.5 Å². The van der Waals surface area contributed by atoms with Gasteiger partial charge in [0.1, 0.15) is 18.0 Å². The summed E-state index contributed by atoms with van der Waals surface area (Å²) in [4.78, 5) is 14.7. The molecule has 1 saturated carbocycles. The van der Waals surface area contributed by atoms with Crippen molar-refractivity contribution in [1.29, 1.82) is 0 Å². The molecule has 5 nitrogen and oxygen atoms in total. The normalized spacial score (nSPS) is 21.1. The Morgan fingerprint density at radius 2 is 2.12 bits per heavy atom. The van der Waals surface area contributed by atoms with Crippen LogP contribution in [0.3, 0.4) is 0 Å². The van der Waals surface area contributed by atoms with Gasteiger partial charge in [0.15, 0.2) is 0 Å². The van der Waals surface area contributed by atoms with Gasteiger partial charge >= 0.3 is 0 Å². The van der Waals surface area contributed by atoms with Crippen LogP contribution < -0.4 is 0 Å². The molecule has 1 aliphatic heterocycles. The Hall–Kier alpha value is -1.51. The lowest BCUT2D eigenvalue weighted by molar-refractivity contribution is 0.0701. The number of halogens is 2. The minimum atomic E-state index is -0.374. The van der Waals surface area contributed by atoms with E-state index in [9.17, 15) is 9.18 Å². The van der Waals surface area contributed by atoms with Crippen LogP contribution in [0.1, 0.15) is 53.8 Å². The lowest BCUT2D eigenvalue weighted by Gasteiger charge is -2.32. The Morgan fingerprint density at radius 3 is 2.92 bits per heavy atom. The van der Waals surface area contributed by atoms with Crippen molar-refractivity contribution in [2.75, 3.05) is 13.1 Å². The summed E-state index contributed by atoms with van der Waals surface area (Å²) in [7, 11) is 0. The Labute approximate surface area is 153 Å². The molecular weight excluding hydrogens is 422 g/mol. The van der Waals surface area contributed by atoms with Gasteiger partial charge in [-0.3, -0.25) is 4.79 Å². The summed E-state index contributed by atoms with van der Waals surface area (Å²) in [6.45, 7) is 1.33. The minimum Gasteiger partial charge on any atom is -0.338 e. The van der Waals surface area contributed by atoms with Gasteiger partial charge in [-0.15, -0.1) is 10.2 Å². The number of aromatic nitrogens is 3. The van der Waals surface area contributed by atoms with E-state index in [2.05, 4.69) is 37.4 Å². The molecule has 0 spiro atoms. The van der Waals surface area contributed by atoms with Crippen LogP contribution in [-0.2, 0) is 0 Å². The monoisotopic (exact) mass is 440 g/mol. The van der Waals surface area contributed by atoms with Crippen LogP contribution in [0.2, 0.25) is 0 Å². The van der Waals surface area contributed by atoms with Crippen molar-refractivity contribution in [3.8, 4) is 0 Å². The summed E-state index contributed by atoms with van der Waals surface area (Å²) in [6.07, 6.45) is 6.11. The minimum absolute atomic E-state index is 0.0962. The van der Waals surface area contributed by atoms with Crippen LogP contribution >= 0.6 is 22.6 Å². The highest BCUT2D eigenvalue weighted by atomic mass is 127. The number of hydrogen-bond acceptors (Lipinski definition) is 3. The molecule has 2 aromatic rings. The van der Waals surface area contributed by atoms with E-state index < -0.39 is 0 Å². The predicted octanol–water partition coefficient (Wildman–Crippen LogP) is 3.38. The SMILES string of the molecule is O=C(c1cc(F)ccc1I)N1CCCC(c2nncn2C2CC2)C1. The van der Waals surface area contributed by atoms with Gasteiger partial charge in [-0.25, -0.2) is 4.39 Å². The van der Waals surface area contributed by atoms with E-state index in [0.717, 1.165) is 22.2 Å². The van der Waals surface area contributed by atoms with Gasteiger partial charge in [0.2, 0.25) is 0 Å². The van der Waals surface area contributed by atoms with E-state index in [1.165, 1.54) is 25.0 Å². The number of likely N-dealkylation sites (tertiary alicyclic amines) is 1. The molecule has 4 rings (SSSR count). The summed E-state index contributed by atoms with van der Waals surface area (Å²) in [5.41, 5.74) is 0.444. The fraction of sp³-hybridized carbons (Fsp3) is 0.471. The van der Waals surface area contributed by atoms with E-state index in [4.69, 9.17) is 0 Å². The summed E-state index contributed by atoms with van der Waals surface area (Å²) in [5.74, 6) is 0.725. The van der Waals surface area contributed by atoms with Crippen LogP contribution in [0, 0.1) is 9.39 Å². The van der Waals surface area contributed by atoms with E-state index in [1.807, 2.05) is 11.2 Å². The highest BCUT2D eigenvalue weighted by Gasteiger charge is 2.33. The Kier molecular flexibility index (Phi) is 4.28. The average molecular weight is 440 g/mol. The van der Waals surface area contributed by atoms with Crippen molar-refractivity contribution in [2.24, 2.45) is 0 Å². The molecule has 1 aromatic carbocycles. The fourth-order valence-electron chi connectivity index (χ4n) is 3.38. The highest BCUT2D eigenvalue weighted by molar-refractivity contribution is 14.1. The summed E-state index contributed by atoms with van der Waals surface area (Å²) in [6, 6.07) is 4.90. The van der Waals surface area contributed by atoms with Gasteiger partial charge in [0.25, 0.3) is 5.91 Å². The third-order valence-corrected chi connectivity index (χ3v) is 5.71. The third-order valence-electron chi connectivity index (χ3n) is 4.77. The second kappa shape index (κ2) is 6.42. The van der Waals surface area contributed by atoms with Gasteiger partial charge in [0, 0.05) is 28.6 Å². The largest absolute Gasteiger partial charge is 0.338 e. The third kappa shape index (κ3) is 3.05. The Morgan fingerprint density at radius 1 is 1.29 bits per heavy atom. The van der Waals surface area contributed by atoms with E-state index >= 15 is 0 Å². The average Bonchev–Trinajstić information content (AvgIpc) is 3.33. The molecular formula is C17H18FIN4O. The first-order valence-corrected chi connectivity index (χ1v) is 9.35. The maximum Gasteiger partial charge on any atom is 0.255 e. The van der Waals surface area contributed by atoms with E-state index in [0.29, 0.717) is 24.7 Å². The van der Waals surface area contributed by atoms with Crippen LogP contribution in [0.15, 0.2) is 24.5 Å². The van der Waals surface area contributed by atoms with E-state index in [1.54, 1.807) is 6.07 Å². The van der Waals surface area contributed by atoms with Gasteiger partial charge in [0.05, 0.1) is 5.56 Å². The maximum atomic E-state index is 13.5. The van der Waals surface area contributed by atoms with Gasteiger partial charge in [-0.1, -0.05) is 0 Å². The Bertz CT molecular complexity index is 774. The molecule has 1 saturated heterocycles. The quantitative estimate of drug-likeness (QED) is 0.688. The number of amides is 1. The molecule has 126 valence electrons. The molecule has 1 unspecified atom stereocenters. The van der Waals surface area contributed by atoms with Crippen LogP contribution in [-0.4, -0.2) is 38.7 Å². The van der Waals surface area contributed by atoms with Crippen molar-refractivity contribution in [2.45, 2.75) is 37.6 Å². The Balaban J connectivity index is 1.55. The molecule has 1 amide bonds. The summed E-state index contributed by atoms with van der Waals surface area (Å²) >= 11 is 2.09. The smallest absolute Gasteiger partial charge is 0.255 e. The number of carbonyl (C=O) groups is 1.